The monoisotopic (exact) mass is 268 g/mol. The van der Waals surface area contributed by atoms with Crippen LogP contribution in [0.2, 0.25) is 0 Å². The van der Waals surface area contributed by atoms with Gasteiger partial charge in [0, 0.05) is 12.1 Å². The van der Waals surface area contributed by atoms with Crippen LogP contribution in [0.5, 0.6) is 5.75 Å². The predicted molar refractivity (Wildman–Crippen MR) is 78.9 cm³/mol. The van der Waals surface area contributed by atoms with Crippen LogP contribution in [-0.2, 0) is 0 Å². The van der Waals surface area contributed by atoms with E-state index in [0.717, 1.165) is 5.56 Å². The molecule has 102 valence electrons. The Bertz CT molecular complexity index is 609. The summed E-state index contributed by atoms with van der Waals surface area (Å²) in [7, 11) is 0. The molecular weight excluding hydrogens is 252 g/mol. The molecule has 0 aliphatic heterocycles. The van der Waals surface area contributed by atoms with E-state index < -0.39 is 5.91 Å². The molecule has 1 atom stereocenters. The van der Waals surface area contributed by atoms with Crippen LogP contribution in [0.25, 0.3) is 0 Å². The van der Waals surface area contributed by atoms with Crippen molar-refractivity contribution in [2.24, 2.45) is 5.10 Å². The zero-order valence-electron chi connectivity index (χ0n) is 11.2. The number of para-hydroxylation sites is 1. The number of amides is 1. The number of hydrazone groups is 1. The van der Waals surface area contributed by atoms with E-state index >= 15 is 0 Å². The topological polar surface area (TPSA) is 61.7 Å². The maximum absolute atomic E-state index is 11.8. The zero-order valence-corrected chi connectivity index (χ0v) is 11.2. The second-order valence-corrected chi connectivity index (χ2v) is 4.44. The summed E-state index contributed by atoms with van der Waals surface area (Å²) in [6.45, 7) is 1.99. The highest BCUT2D eigenvalue weighted by Crippen LogP contribution is 2.15. The van der Waals surface area contributed by atoms with Gasteiger partial charge in [0.1, 0.15) is 5.75 Å². The van der Waals surface area contributed by atoms with E-state index in [-0.39, 0.29) is 17.2 Å². The van der Waals surface area contributed by atoms with Crippen LogP contribution in [-0.4, -0.2) is 17.2 Å². The summed E-state index contributed by atoms with van der Waals surface area (Å²) in [5.41, 5.74) is 3.74. The Morgan fingerprint density at radius 2 is 1.80 bits per heavy atom. The number of nitrogens with zero attached hydrogens (tertiary/aromatic N) is 1. The second-order valence-electron chi connectivity index (χ2n) is 4.44. The van der Waals surface area contributed by atoms with Crippen molar-refractivity contribution in [2.45, 2.75) is 12.8 Å². The van der Waals surface area contributed by atoms with Gasteiger partial charge in [-0.1, -0.05) is 49.4 Å². The fourth-order valence-corrected chi connectivity index (χ4v) is 1.78. The highest BCUT2D eigenvalue weighted by atomic mass is 16.3. The molecule has 0 fully saturated rings. The first-order valence-electron chi connectivity index (χ1n) is 6.35. The quantitative estimate of drug-likeness (QED) is 0.661. The largest absolute Gasteiger partial charge is 0.507 e. The third-order valence-electron chi connectivity index (χ3n) is 2.94. The minimum atomic E-state index is -0.431. The van der Waals surface area contributed by atoms with Gasteiger partial charge in [-0.3, -0.25) is 4.79 Å². The lowest BCUT2D eigenvalue weighted by Gasteiger charge is -2.06. The van der Waals surface area contributed by atoms with Crippen molar-refractivity contribution in [3.63, 3.8) is 0 Å². The normalized spacial score (nSPS) is 12.2. The Balaban J connectivity index is 1.97. The maximum Gasteiger partial charge on any atom is 0.275 e. The first kappa shape index (κ1) is 13.8. The van der Waals surface area contributed by atoms with Crippen LogP contribution < -0.4 is 5.43 Å². The summed E-state index contributed by atoms with van der Waals surface area (Å²) in [6, 6.07) is 16.2. The lowest BCUT2D eigenvalue weighted by molar-refractivity contribution is 0.0952. The van der Waals surface area contributed by atoms with Crippen LogP contribution in [0.15, 0.2) is 59.7 Å². The van der Waals surface area contributed by atoms with E-state index in [4.69, 9.17) is 0 Å². The van der Waals surface area contributed by atoms with Gasteiger partial charge in [-0.05, 0) is 17.7 Å². The summed E-state index contributed by atoms with van der Waals surface area (Å²) in [4.78, 5) is 11.8. The van der Waals surface area contributed by atoms with Crippen LogP contribution in [0.3, 0.4) is 0 Å². The van der Waals surface area contributed by atoms with Crippen LogP contribution >= 0.6 is 0 Å². The standard InChI is InChI=1S/C16H16N2O2/c1-12(13-7-3-2-4-8-13)11-17-18-16(20)14-9-5-6-10-15(14)19/h2-12,19H,1H3,(H,18,20)/b17-11-/t12-/m1/s1. The fraction of sp³-hybridized carbons (Fsp3) is 0.125. The molecule has 4 nitrogen and oxygen atoms in total. The Kier molecular flexibility index (Phi) is 4.50. The second kappa shape index (κ2) is 6.52. The number of phenols is 1. The summed E-state index contributed by atoms with van der Waals surface area (Å²) in [6.07, 6.45) is 1.66. The Hall–Kier alpha value is -2.62. The number of carbonyl (C=O) groups excluding carboxylic acids is 1. The van der Waals surface area contributed by atoms with E-state index in [0.29, 0.717) is 0 Å². The van der Waals surface area contributed by atoms with E-state index in [1.807, 2.05) is 37.3 Å². The van der Waals surface area contributed by atoms with Gasteiger partial charge < -0.3 is 5.11 Å². The third kappa shape index (κ3) is 3.45. The van der Waals surface area contributed by atoms with Crippen LogP contribution in [0.4, 0.5) is 0 Å². The molecule has 0 bridgehead atoms. The molecule has 0 radical (unpaired) electrons. The molecule has 1 amide bonds. The van der Waals surface area contributed by atoms with Gasteiger partial charge in [0.15, 0.2) is 0 Å². The highest BCUT2D eigenvalue weighted by molar-refractivity contribution is 5.96. The number of benzene rings is 2. The molecule has 4 heteroatoms. The third-order valence-corrected chi connectivity index (χ3v) is 2.94. The van der Waals surface area contributed by atoms with E-state index in [9.17, 15) is 9.90 Å². The first-order chi connectivity index (χ1) is 9.68. The van der Waals surface area contributed by atoms with Gasteiger partial charge in [0.25, 0.3) is 5.91 Å². The summed E-state index contributed by atoms with van der Waals surface area (Å²) in [5, 5.41) is 13.5. The van der Waals surface area contributed by atoms with Gasteiger partial charge >= 0.3 is 0 Å². The van der Waals surface area contributed by atoms with Gasteiger partial charge in [0.05, 0.1) is 5.56 Å². The number of aromatic hydroxyl groups is 1. The molecular formula is C16H16N2O2. The van der Waals surface area contributed by atoms with E-state index in [1.54, 1.807) is 24.4 Å². The molecule has 0 unspecified atom stereocenters. The molecule has 2 aromatic rings. The summed E-state index contributed by atoms with van der Waals surface area (Å²) in [5.74, 6) is -0.392. The maximum atomic E-state index is 11.8. The van der Waals surface area contributed by atoms with Crippen molar-refractivity contribution in [3.05, 3.63) is 65.7 Å². The Labute approximate surface area is 117 Å². The zero-order chi connectivity index (χ0) is 14.4. The molecule has 2 aromatic carbocycles. The number of nitrogens with one attached hydrogen (secondary N) is 1. The molecule has 0 aromatic heterocycles. The van der Waals surface area contributed by atoms with Gasteiger partial charge in [-0.25, -0.2) is 5.43 Å². The summed E-state index contributed by atoms with van der Waals surface area (Å²) < 4.78 is 0. The predicted octanol–water partition coefficient (Wildman–Crippen LogP) is 2.91. The number of phenolic OH excluding ortho intramolecular Hbond substituents is 1. The van der Waals surface area contributed by atoms with E-state index in [2.05, 4.69) is 10.5 Å². The highest BCUT2D eigenvalue weighted by Gasteiger charge is 2.08. The molecule has 2 rings (SSSR count). The van der Waals surface area contributed by atoms with Crippen molar-refractivity contribution >= 4 is 12.1 Å². The number of hydrogen-bond donors (Lipinski definition) is 2. The number of carbonyl (C=O) groups is 1. The SMILES string of the molecule is C[C@H](/C=N\NC(=O)c1ccccc1O)c1ccccc1. The van der Waals surface area contributed by atoms with Gasteiger partial charge in [-0.15, -0.1) is 0 Å². The number of hydrogen-bond acceptors (Lipinski definition) is 3. The number of rotatable bonds is 4. The van der Waals surface area contributed by atoms with Crippen LogP contribution in [0, 0.1) is 0 Å². The fourth-order valence-electron chi connectivity index (χ4n) is 1.78. The van der Waals surface area contributed by atoms with Crippen molar-refractivity contribution in [3.8, 4) is 5.75 Å². The minimum absolute atomic E-state index is 0.0590. The molecule has 2 N–H and O–H groups in total. The van der Waals surface area contributed by atoms with E-state index in [1.165, 1.54) is 6.07 Å². The van der Waals surface area contributed by atoms with Gasteiger partial charge in [0.2, 0.25) is 0 Å². The smallest absolute Gasteiger partial charge is 0.275 e. The molecule has 0 aliphatic rings. The van der Waals surface area contributed by atoms with Gasteiger partial charge in [-0.2, -0.15) is 5.10 Å². The van der Waals surface area contributed by atoms with Crippen molar-refractivity contribution in [2.75, 3.05) is 0 Å². The molecule has 0 heterocycles. The lowest BCUT2D eigenvalue weighted by Crippen LogP contribution is -2.18. The molecule has 0 aliphatic carbocycles. The molecule has 0 spiro atoms. The van der Waals surface area contributed by atoms with Crippen LogP contribution in [0.1, 0.15) is 28.8 Å². The first-order valence-corrected chi connectivity index (χ1v) is 6.35. The lowest BCUT2D eigenvalue weighted by atomic mass is 10.0. The van der Waals surface area contributed by atoms with Crippen molar-refractivity contribution in [1.29, 1.82) is 0 Å². The summed E-state index contributed by atoms with van der Waals surface area (Å²) >= 11 is 0. The molecule has 0 saturated carbocycles. The molecule has 20 heavy (non-hydrogen) atoms. The van der Waals surface area contributed by atoms with Crippen molar-refractivity contribution in [1.82, 2.24) is 5.43 Å². The minimum Gasteiger partial charge on any atom is -0.507 e. The van der Waals surface area contributed by atoms with Crippen molar-refractivity contribution < 1.29 is 9.90 Å². The Morgan fingerprint density at radius 3 is 2.50 bits per heavy atom. The average molecular weight is 268 g/mol. The average Bonchev–Trinajstić information content (AvgIpc) is 2.48. The molecule has 0 saturated heterocycles. The Morgan fingerprint density at radius 1 is 1.15 bits per heavy atom.